The summed E-state index contributed by atoms with van der Waals surface area (Å²) in [6.07, 6.45) is 2.25. The Bertz CT molecular complexity index is 890. The first-order valence-electron chi connectivity index (χ1n) is 9.56. The molecule has 1 atom stereocenters. The van der Waals surface area contributed by atoms with E-state index in [0.29, 0.717) is 6.04 Å². The van der Waals surface area contributed by atoms with Gasteiger partial charge in [0.15, 0.2) is 0 Å². The van der Waals surface area contributed by atoms with Gasteiger partial charge in [-0.15, -0.1) is 0 Å². The Kier molecular flexibility index (Phi) is 4.39. The minimum Gasteiger partial charge on any atom is -0.344 e. The van der Waals surface area contributed by atoms with E-state index in [9.17, 15) is 0 Å². The van der Waals surface area contributed by atoms with Crippen LogP contribution in [-0.2, 0) is 25.9 Å². The average molecular weight is 332 g/mol. The van der Waals surface area contributed by atoms with Gasteiger partial charge in [-0.05, 0) is 44.0 Å². The summed E-state index contributed by atoms with van der Waals surface area (Å²) in [6.45, 7) is 10.1. The van der Waals surface area contributed by atoms with Crippen LogP contribution in [0, 0.1) is 6.92 Å². The van der Waals surface area contributed by atoms with Gasteiger partial charge < -0.3 is 4.57 Å². The number of nitrogens with zero attached hydrogens (tertiary/aromatic N) is 2. The summed E-state index contributed by atoms with van der Waals surface area (Å²) in [7, 11) is 0. The molecule has 2 heterocycles. The molecule has 0 aliphatic carbocycles. The highest BCUT2D eigenvalue weighted by atomic mass is 15.2. The van der Waals surface area contributed by atoms with Gasteiger partial charge in [0.1, 0.15) is 0 Å². The first kappa shape index (κ1) is 16.4. The first-order valence-corrected chi connectivity index (χ1v) is 9.56. The molecule has 25 heavy (non-hydrogen) atoms. The van der Waals surface area contributed by atoms with E-state index in [0.717, 1.165) is 32.5 Å². The molecule has 0 saturated heterocycles. The lowest BCUT2D eigenvalue weighted by Gasteiger charge is -2.33. The van der Waals surface area contributed by atoms with Crippen LogP contribution >= 0.6 is 0 Å². The zero-order valence-corrected chi connectivity index (χ0v) is 15.6. The van der Waals surface area contributed by atoms with Crippen molar-refractivity contribution in [1.82, 2.24) is 9.47 Å². The maximum absolute atomic E-state index is 2.60. The average Bonchev–Trinajstić information content (AvgIpc) is 2.92. The lowest BCUT2D eigenvalue weighted by molar-refractivity contribution is 0.192. The van der Waals surface area contributed by atoms with Crippen LogP contribution in [0.5, 0.6) is 0 Å². The van der Waals surface area contributed by atoms with E-state index in [1.807, 2.05) is 0 Å². The van der Waals surface area contributed by atoms with Gasteiger partial charge in [0, 0.05) is 42.1 Å². The molecule has 0 bridgehead atoms. The number of benzene rings is 2. The van der Waals surface area contributed by atoms with Crippen molar-refractivity contribution in [3.05, 3.63) is 70.9 Å². The van der Waals surface area contributed by atoms with Crippen molar-refractivity contribution in [2.75, 3.05) is 6.54 Å². The summed E-state index contributed by atoms with van der Waals surface area (Å²) in [5.74, 6) is 0. The summed E-state index contributed by atoms with van der Waals surface area (Å²) in [6, 6.07) is 18.5. The maximum atomic E-state index is 2.60. The molecule has 4 rings (SSSR count). The second kappa shape index (κ2) is 6.68. The lowest BCUT2D eigenvalue weighted by Crippen LogP contribution is -2.38. The van der Waals surface area contributed by atoms with Crippen LogP contribution in [0.15, 0.2) is 48.5 Å². The van der Waals surface area contributed by atoms with Crippen molar-refractivity contribution in [3.8, 4) is 0 Å². The number of aromatic nitrogens is 1. The highest BCUT2D eigenvalue weighted by Gasteiger charge is 2.27. The summed E-state index contributed by atoms with van der Waals surface area (Å²) in [5, 5.41) is 1.45. The molecule has 0 N–H and O–H groups in total. The molecule has 3 aromatic rings. The van der Waals surface area contributed by atoms with E-state index in [-0.39, 0.29) is 0 Å². The van der Waals surface area contributed by atoms with Gasteiger partial charge in [0.25, 0.3) is 0 Å². The molecule has 2 heteroatoms. The van der Waals surface area contributed by atoms with E-state index in [4.69, 9.17) is 0 Å². The van der Waals surface area contributed by atoms with Crippen molar-refractivity contribution >= 4 is 10.9 Å². The quantitative estimate of drug-likeness (QED) is 0.655. The normalized spacial score (nSPS) is 17.8. The van der Waals surface area contributed by atoms with Crippen molar-refractivity contribution in [1.29, 1.82) is 0 Å². The Morgan fingerprint density at radius 3 is 2.72 bits per heavy atom. The Morgan fingerprint density at radius 1 is 1.08 bits per heavy atom. The topological polar surface area (TPSA) is 8.17 Å². The molecule has 130 valence electrons. The molecule has 1 aliphatic rings. The van der Waals surface area contributed by atoms with Crippen LogP contribution in [0.4, 0.5) is 0 Å². The van der Waals surface area contributed by atoms with Crippen LogP contribution in [0.1, 0.15) is 36.2 Å². The zero-order chi connectivity index (χ0) is 17.4. The first-order chi connectivity index (χ1) is 12.2. The van der Waals surface area contributed by atoms with Gasteiger partial charge in [-0.25, -0.2) is 0 Å². The fourth-order valence-electron chi connectivity index (χ4n) is 4.39. The standard InChI is InChI=1S/C23H28N2/c1-4-24-16-21-20-10-5-6-11-22(20)25(23(21)15-18(24)3)13-12-19-9-7-8-17(2)14-19/h5-11,14,18H,4,12-13,15-16H2,1-3H3. The summed E-state index contributed by atoms with van der Waals surface area (Å²) in [5.41, 5.74) is 7.31. The third kappa shape index (κ3) is 3.00. The van der Waals surface area contributed by atoms with Crippen molar-refractivity contribution < 1.29 is 0 Å². The highest BCUT2D eigenvalue weighted by molar-refractivity contribution is 5.85. The molecular weight excluding hydrogens is 304 g/mol. The Hall–Kier alpha value is -2.06. The van der Waals surface area contributed by atoms with Crippen LogP contribution in [0.3, 0.4) is 0 Å². The SMILES string of the molecule is CCN1Cc2c(n(CCc3cccc(C)c3)c3ccccc23)CC1C. The highest BCUT2D eigenvalue weighted by Crippen LogP contribution is 2.33. The Morgan fingerprint density at radius 2 is 1.92 bits per heavy atom. The molecule has 2 aromatic carbocycles. The number of fused-ring (bicyclic) bond motifs is 3. The number of para-hydroxylation sites is 1. The number of rotatable bonds is 4. The van der Waals surface area contributed by atoms with E-state index >= 15 is 0 Å². The number of likely N-dealkylation sites (N-methyl/N-ethyl adjacent to an activating group) is 1. The van der Waals surface area contributed by atoms with Gasteiger partial charge in [-0.1, -0.05) is 55.0 Å². The minimum atomic E-state index is 0.625. The molecular formula is C23H28N2. The van der Waals surface area contributed by atoms with Crippen LogP contribution < -0.4 is 0 Å². The molecule has 0 spiro atoms. The molecule has 1 aliphatic heterocycles. The smallest absolute Gasteiger partial charge is 0.0486 e. The van der Waals surface area contributed by atoms with Gasteiger partial charge >= 0.3 is 0 Å². The molecule has 0 saturated carbocycles. The molecule has 1 unspecified atom stereocenters. The summed E-state index contributed by atoms with van der Waals surface area (Å²) < 4.78 is 2.59. The number of hydrogen-bond donors (Lipinski definition) is 0. The third-order valence-electron chi connectivity index (χ3n) is 5.78. The Balaban J connectivity index is 1.72. The second-order valence-corrected chi connectivity index (χ2v) is 7.45. The summed E-state index contributed by atoms with van der Waals surface area (Å²) in [4.78, 5) is 2.60. The second-order valence-electron chi connectivity index (χ2n) is 7.45. The molecule has 1 aromatic heterocycles. The molecule has 0 fully saturated rings. The van der Waals surface area contributed by atoms with E-state index in [1.165, 1.54) is 22.0 Å². The van der Waals surface area contributed by atoms with Gasteiger partial charge in [-0.3, -0.25) is 4.90 Å². The monoisotopic (exact) mass is 332 g/mol. The van der Waals surface area contributed by atoms with Gasteiger partial charge in [-0.2, -0.15) is 0 Å². The zero-order valence-electron chi connectivity index (χ0n) is 15.6. The van der Waals surface area contributed by atoms with Crippen molar-refractivity contribution in [3.63, 3.8) is 0 Å². The predicted molar refractivity (Wildman–Crippen MR) is 106 cm³/mol. The van der Waals surface area contributed by atoms with E-state index < -0.39 is 0 Å². The fraction of sp³-hybridized carbons (Fsp3) is 0.391. The van der Waals surface area contributed by atoms with Gasteiger partial charge in [0.2, 0.25) is 0 Å². The Labute approximate surface area is 151 Å². The van der Waals surface area contributed by atoms with Crippen LogP contribution in [0.2, 0.25) is 0 Å². The van der Waals surface area contributed by atoms with Crippen molar-refractivity contribution in [2.45, 2.75) is 52.7 Å². The largest absolute Gasteiger partial charge is 0.344 e. The predicted octanol–water partition coefficient (Wildman–Crippen LogP) is 4.96. The third-order valence-corrected chi connectivity index (χ3v) is 5.78. The molecule has 2 nitrogen and oxygen atoms in total. The van der Waals surface area contributed by atoms with Crippen LogP contribution in [-0.4, -0.2) is 22.1 Å². The van der Waals surface area contributed by atoms with Gasteiger partial charge in [0.05, 0.1) is 0 Å². The fourth-order valence-corrected chi connectivity index (χ4v) is 4.39. The maximum Gasteiger partial charge on any atom is 0.0486 e. The molecule has 0 amide bonds. The van der Waals surface area contributed by atoms with E-state index in [1.54, 1.807) is 11.3 Å². The summed E-state index contributed by atoms with van der Waals surface area (Å²) >= 11 is 0. The molecule has 0 radical (unpaired) electrons. The van der Waals surface area contributed by atoms with Crippen molar-refractivity contribution in [2.24, 2.45) is 0 Å². The van der Waals surface area contributed by atoms with E-state index in [2.05, 4.69) is 78.8 Å². The minimum absolute atomic E-state index is 0.625. The lowest BCUT2D eigenvalue weighted by atomic mass is 9.99. The van der Waals surface area contributed by atoms with Crippen LogP contribution in [0.25, 0.3) is 10.9 Å². The number of aryl methyl sites for hydroxylation is 3. The number of hydrogen-bond acceptors (Lipinski definition) is 1.